The van der Waals surface area contributed by atoms with E-state index >= 15 is 0 Å². The van der Waals surface area contributed by atoms with Gasteiger partial charge in [0.05, 0.1) is 31.0 Å². The van der Waals surface area contributed by atoms with Crippen molar-refractivity contribution in [1.29, 1.82) is 0 Å². The number of ether oxygens (including phenoxy) is 1. The first-order valence-electron chi connectivity index (χ1n) is 9.80. The lowest BCUT2D eigenvalue weighted by atomic mass is 9.89. The molecule has 0 spiro atoms. The molecule has 1 saturated carbocycles. The Bertz CT molecular complexity index is 484. The van der Waals surface area contributed by atoms with Crippen LogP contribution in [0.1, 0.15) is 51.9 Å². The monoisotopic (exact) mass is 373 g/mol. The molecular weight excluding hydrogens is 340 g/mol. The molecule has 2 aliphatic rings. The van der Waals surface area contributed by atoms with Crippen molar-refractivity contribution in [3.63, 3.8) is 0 Å². The third-order valence-corrected chi connectivity index (χ3v) is 5.47. The fourth-order valence-corrected chi connectivity index (χ4v) is 3.94. The first-order chi connectivity index (χ1) is 12.4. The molecule has 1 saturated heterocycles. The molecule has 150 valence electrons. The van der Waals surface area contributed by atoms with E-state index in [1.807, 2.05) is 6.08 Å². The Hall–Kier alpha value is -0.820. The Kier molecular flexibility index (Phi) is 8.20. The Morgan fingerprint density at radius 2 is 2.04 bits per heavy atom. The minimum atomic E-state index is -2.87. The van der Waals surface area contributed by atoms with Gasteiger partial charge in [0.2, 0.25) is 0 Å². The molecule has 0 aromatic rings. The van der Waals surface area contributed by atoms with Crippen LogP contribution in [-0.2, 0) is 4.74 Å². The fourth-order valence-electron chi connectivity index (χ4n) is 3.94. The van der Waals surface area contributed by atoms with Crippen LogP contribution in [0.15, 0.2) is 24.3 Å². The number of hydrogen-bond acceptors (Lipinski definition) is 4. The van der Waals surface area contributed by atoms with Crippen molar-refractivity contribution in [3.05, 3.63) is 24.3 Å². The van der Waals surface area contributed by atoms with Crippen LogP contribution < -0.4 is 5.73 Å². The molecule has 0 amide bonds. The fraction of sp³-hybridized carbons (Fsp3) is 0.800. The lowest BCUT2D eigenvalue weighted by Crippen LogP contribution is -2.26. The van der Waals surface area contributed by atoms with Gasteiger partial charge in [0.15, 0.2) is 0 Å². The summed E-state index contributed by atoms with van der Waals surface area (Å²) in [5.74, 6) is -2.76. The molecule has 2 rings (SSSR count). The Morgan fingerprint density at radius 3 is 2.73 bits per heavy atom. The summed E-state index contributed by atoms with van der Waals surface area (Å²) < 4.78 is 32.3. The topological polar surface area (TPSA) is 75.7 Å². The molecule has 6 atom stereocenters. The van der Waals surface area contributed by atoms with Crippen molar-refractivity contribution in [3.8, 4) is 0 Å². The summed E-state index contributed by atoms with van der Waals surface area (Å²) in [5.41, 5.74) is 5.03. The summed E-state index contributed by atoms with van der Waals surface area (Å²) in [5, 5.41) is 20.3. The van der Waals surface area contributed by atoms with Crippen molar-refractivity contribution in [2.24, 2.45) is 17.6 Å². The van der Waals surface area contributed by atoms with Crippen LogP contribution >= 0.6 is 0 Å². The maximum Gasteiger partial charge on any atom is 0.263 e. The third-order valence-electron chi connectivity index (χ3n) is 5.47. The van der Waals surface area contributed by atoms with E-state index < -0.39 is 24.7 Å². The van der Waals surface area contributed by atoms with Gasteiger partial charge in [0.25, 0.3) is 5.92 Å². The second-order valence-corrected chi connectivity index (χ2v) is 7.63. The predicted molar refractivity (Wildman–Crippen MR) is 97.9 cm³/mol. The molecular formula is C20H33F2NO3. The summed E-state index contributed by atoms with van der Waals surface area (Å²) >= 11 is 0. The van der Waals surface area contributed by atoms with Gasteiger partial charge >= 0.3 is 0 Å². The summed E-state index contributed by atoms with van der Waals surface area (Å²) in [6, 6.07) is 0. The highest BCUT2D eigenvalue weighted by molar-refractivity contribution is 5.09. The number of fused-ring (bicyclic) bond motifs is 1. The molecule has 26 heavy (non-hydrogen) atoms. The minimum absolute atomic E-state index is 0.0512. The number of allylic oxidation sites excluding steroid dienone is 1. The summed E-state index contributed by atoms with van der Waals surface area (Å²) in [4.78, 5) is 0. The van der Waals surface area contributed by atoms with Crippen LogP contribution in [0.25, 0.3) is 0 Å². The van der Waals surface area contributed by atoms with Crippen molar-refractivity contribution >= 4 is 0 Å². The minimum Gasteiger partial charge on any atom is -0.392 e. The molecule has 4 N–H and O–H groups in total. The van der Waals surface area contributed by atoms with Crippen LogP contribution in [0.5, 0.6) is 0 Å². The number of aliphatic hydroxyl groups excluding tert-OH is 2. The van der Waals surface area contributed by atoms with Crippen molar-refractivity contribution in [1.82, 2.24) is 0 Å². The number of aliphatic hydroxyl groups is 2. The quantitative estimate of drug-likeness (QED) is 0.406. The molecule has 6 heteroatoms. The molecule has 6 unspecified atom stereocenters. The van der Waals surface area contributed by atoms with E-state index in [1.165, 1.54) is 6.08 Å². The van der Waals surface area contributed by atoms with E-state index in [2.05, 4.69) is 6.92 Å². The van der Waals surface area contributed by atoms with Gasteiger partial charge in [-0.1, -0.05) is 50.5 Å². The number of unbranched alkanes of at least 4 members (excludes halogenated alkanes) is 2. The lowest BCUT2D eigenvalue weighted by molar-refractivity contribution is 0.0136. The van der Waals surface area contributed by atoms with E-state index in [-0.39, 0.29) is 30.5 Å². The van der Waals surface area contributed by atoms with Crippen LogP contribution in [-0.4, -0.2) is 47.1 Å². The Morgan fingerprint density at radius 1 is 1.27 bits per heavy atom. The molecule has 1 aliphatic heterocycles. The van der Waals surface area contributed by atoms with E-state index in [9.17, 15) is 19.0 Å². The van der Waals surface area contributed by atoms with E-state index in [0.717, 1.165) is 25.7 Å². The van der Waals surface area contributed by atoms with Gasteiger partial charge in [-0.3, -0.25) is 0 Å². The highest BCUT2D eigenvalue weighted by Gasteiger charge is 2.47. The van der Waals surface area contributed by atoms with Gasteiger partial charge in [-0.05, 0) is 18.8 Å². The Labute approximate surface area is 155 Å². The normalized spacial score (nSPS) is 33.4. The van der Waals surface area contributed by atoms with E-state index in [1.54, 1.807) is 12.2 Å². The highest BCUT2D eigenvalue weighted by atomic mass is 19.3. The molecule has 1 aliphatic carbocycles. The van der Waals surface area contributed by atoms with Gasteiger partial charge in [0.1, 0.15) is 0 Å². The van der Waals surface area contributed by atoms with Gasteiger partial charge in [0, 0.05) is 18.8 Å². The maximum atomic E-state index is 13.2. The molecule has 0 aromatic heterocycles. The summed E-state index contributed by atoms with van der Waals surface area (Å²) in [7, 11) is 0. The smallest absolute Gasteiger partial charge is 0.263 e. The predicted octanol–water partition coefficient (Wildman–Crippen LogP) is 3.18. The molecule has 0 bridgehead atoms. The van der Waals surface area contributed by atoms with E-state index in [0.29, 0.717) is 12.8 Å². The second-order valence-electron chi connectivity index (χ2n) is 7.63. The van der Waals surface area contributed by atoms with Crippen LogP contribution in [0.2, 0.25) is 0 Å². The van der Waals surface area contributed by atoms with Crippen LogP contribution in [0, 0.1) is 11.8 Å². The molecule has 2 fully saturated rings. The van der Waals surface area contributed by atoms with Gasteiger partial charge in [-0.25, -0.2) is 8.78 Å². The molecule has 0 aromatic carbocycles. The van der Waals surface area contributed by atoms with Crippen molar-refractivity contribution < 1.29 is 23.7 Å². The zero-order chi connectivity index (χ0) is 19.2. The van der Waals surface area contributed by atoms with Crippen molar-refractivity contribution in [2.45, 2.75) is 82.2 Å². The number of rotatable bonds is 10. The summed E-state index contributed by atoms with van der Waals surface area (Å²) in [6.45, 7) is 1.47. The summed E-state index contributed by atoms with van der Waals surface area (Å²) in [6.07, 6.45) is 10.4. The molecule has 1 heterocycles. The number of alkyl halides is 2. The zero-order valence-corrected chi connectivity index (χ0v) is 15.6. The largest absolute Gasteiger partial charge is 0.392 e. The van der Waals surface area contributed by atoms with Gasteiger partial charge < -0.3 is 20.7 Å². The van der Waals surface area contributed by atoms with Crippen LogP contribution in [0.3, 0.4) is 0 Å². The lowest BCUT2D eigenvalue weighted by Gasteiger charge is -2.17. The van der Waals surface area contributed by atoms with Crippen LogP contribution in [0.4, 0.5) is 8.78 Å². The SMILES string of the molecule is CCCCCC(O)/C=C/C1C(O)CC2OC(/C=C/CC(F)(F)CN)CC21. The average Bonchev–Trinajstić information content (AvgIpc) is 3.09. The van der Waals surface area contributed by atoms with Gasteiger partial charge in [-0.15, -0.1) is 0 Å². The standard InChI is InChI=1S/C20H33F2NO3/c1-2-3-4-6-14(24)8-9-16-17-11-15(26-19(17)12-18(16)25)7-5-10-20(21,22)13-23/h5,7-9,14-19,24-25H,2-4,6,10-13,23H2,1H3/b7-5+,9-8+. The third kappa shape index (κ3) is 6.12. The first kappa shape index (κ1) is 21.5. The number of nitrogens with two attached hydrogens (primary N) is 1. The number of halogens is 2. The maximum absolute atomic E-state index is 13.2. The Balaban J connectivity index is 1.85. The highest BCUT2D eigenvalue weighted by Crippen LogP contribution is 2.44. The average molecular weight is 373 g/mol. The van der Waals surface area contributed by atoms with Crippen molar-refractivity contribution in [2.75, 3.05) is 6.54 Å². The molecule has 0 radical (unpaired) electrons. The first-order valence-corrected chi connectivity index (χ1v) is 9.80. The van der Waals surface area contributed by atoms with E-state index in [4.69, 9.17) is 10.5 Å². The second kappa shape index (κ2) is 9.93. The van der Waals surface area contributed by atoms with Gasteiger partial charge in [-0.2, -0.15) is 0 Å². The zero-order valence-electron chi connectivity index (χ0n) is 15.6. The molecule has 4 nitrogen and oxygen atoms in total. The number of hydrogen-bond donors (Lipinski definition) is 3.